The second-order valence-electron chi connectivity index (χ2n) is 7.87. The predicted octanol–water partition coefficient (Wildman–Crippen LogP) is 4.88. The highest BCUT2D eigenvalue weighted by Gasteiger charge is 2.26. The molecule has 0 aliphatic carbocycles. The number of likely N-dealkylation sites (tertiary alicyclic amines) is 1. The van der Waals surface area contributed by atoms with Gasteiger partial charge in [-0.1, -0.05) is 31.2 Å². The number of benzene rings is 2. The molecule has 1 aliphatic heterocycles. The number of aromatic nitrogens is 1. The summed E-state index contributed by atoms with van der Waals surface area (Å²) in [6.07, 6.45) is 3.08. The van der Waals surface area contributed by atoms with E-state index in [9.17, 15) is 4.79 Å². The number of aryl methyl sites for hydroxylation is 1. The van der Waals surface area contributed by atoms with E-state index in [0.29, 0.717) is 5.58 Å². The minimum absolute atomic E-state index is 0.272. The summed E-state index contributed by atoms with van der Waals surface area (Å²) < 4.78 is 11.5. The molecule has 0 saturated carbocycles. The molecule has 29 heavy (non-hydrogen) atoms. The van der Waals surface area contributed by atoms with E-state index in [1.807, 2.05) is 30.3 Å². The van der Waals surface area contributed by atoms with E-state index in [4.69, 9.17) is 13.8 Å². The summed E-state index contributed by atoms with van der Waals surface area (Å²) in [5.41, 5.74) is 4.35. The van der Waals surface area contributed by atoms with Gasteiger partial charge in [-0.25, -0.2) is 9.78 Å². The summed E-state index contributed by atoms with van der Waals surface area (Å²) in [5.74, 6) is 1.09. The first-order valence-corrected chi connectivity index (χ1v) is 10.3. The standard InChI is InChI=1S/C24H24N2O3/c1-2-16-9-10-19-18(13-23(27)28-22(19)12-16)15-26-11-5-6-17(14-26)24-25-20-7-3-4-8-21(20)29-24/h3-4,7-10,12-13,17H,2,5-6,11,14-15H2,1H3. The topological polar surface area (TPSA) is 59.5 Å². The van der Waals surface area contributed by atoms with E-state index in [0.717, 1.165) is 66.8 Å². The highest BCUT2D eigenvalue weighted by molar-refractivity contribution is 5.80. The van der Waals surface area contributed by atoms with Crippen molar-refractivity contribution in [3.8, 4) is 0 Å². The summed E-state index contributed by atoms with van der Waals surface area (Å²) in [6.45, 7) is 4.71. The number of piperidine rings is 1. The van der Waals surface area contributed by atoms with Crippen molar-refractivity contribution in [3.63, 3.8) is 0 Å². The zero-order chi connectivity index (χ0) is 19.8. The molecule has 0 amide bonds. The molecule has 5 heteroatoms. The van der Waals surface area contributed by atoms with Crippen LogP contribution in [-0.2, 0) is 13.0 Å². The Morgan fingerprint density at radius 1 is 1.10 bits per heavy atom. The van der Waals surface area contributed by atoms with Gasteiger partial charge in [-0.3, -0.25) is 4.90 Å². The average molecular weight is 388 g/mol. The van der Waals surface area contributed by atoms with Gasteiger partial charge in [-0.05, 0) is 55.1 Å². The van der Waals surface area contributed by atoms with Crippen LogP contribution < -0.4 is 5.63 Å². The quantitative estimate of drug-likeness (QED) is 0.467. The normalized spacial score (nSPS) is 17.9. The van der Waals surface area contributed by atoms with Crippen molar-refractivity contribution in [2.24, 2.45) is 0 Å². The molecule has 5 rings (SSSR count). The number of hydrogen-bond donors (Lipinski definition) is 0. The molecule has 2 aromatic carbocycles. The number of rotatable bonds is 4. The van der Waals surface area contributed by atoms with Crippen molar-refractivity contribution in [2.45, 2.75) is 38.6 Å². The van der Waals surface area contributed by atoms with Gasteiger partial charge in [0.05, 0.1) is 0 Å². The van der Waals surface area contributed by atoms with Gasteiger partial charge in [-0.15, -0.1) is 0 Å². The van der Waals surface area contributed by atoms with Crippen LogP contribution in [0.25, 0.3) is 22.1 Å². The largest absolute Gasteiger partial charge is 0.440 e. The lowest BCUT2D eigenvalue weighted by Crippen LogP contribution is -2.34. The summed E-state index contributed by atoms with van der Waals surface area (Å²) in [5, 5.41) is 1.02. The van der Waals surface area contributed by atoms with E-state index in [-0.39, 0.29) is 11.5 Å². The Labute approximate surface area is 169 Å². The second-order valence-corrected chi connectivity index (χ2v) is 7.87. The van der Waals surface area contributed by atoms with E-state index in [1.54, 1.807) is 6.07 Å². The maximum atomic E-state index is 12.1. The van der Waals surface area contributed by atoms with Crippen LogP contribution in [0, 0.1) is 0 Å². The molecule has 1 saturated heterocycles. The van der Waals surface area contributed by atoms with Crippen molar-refractivity contribution in [1.29, 1.82) is 0 Å². The van der Waals surface area contributed by atoms with Gasteiger partial charge in [0.1, 0.15) is 11.1 Å². The molecule has 1 atom stereocenters. The molecular formula is C24H24N2O3. The van der Waals surface area contributed by atoms with E-state index in [2.05, 4.69) is 24.0 Å². The van der Waals surface area contributed by atoms with Crippen molar-refractivity contribution >= 4 is 22.1 Å². The molecule has 148 valence electrons. The zero-order valence-corrected chi connectivity index (χ0v) is 16.6. The summed E-state index contributed by atoms with van der Waals surface area (Å²) >= 11 is 0. The van der Waals surface area contributed by atoms with Gasteiger partial charge >= 0.3 is 5.63 Å². The minimum Gasteiger partial charge on any atom is -0.440 e. The van der Waals surface area contributed by atoms with Crippen molar-refractivity contribution in [1.82, 2.24) is 9.88 Å². The van der Waals surface area contributed by atoms with Gasteiger partial charge in [-0.2, -0.15) is 0 Å². The van der Waals surface area contributed by atoms with Crippen LogP contribution in [0.4, 0.5) is 0 Å². The van der Waals surface area contributed by atoms with Gasteiger partial charge in [0, 0.05) is 30.5 Å². The fourth-order valence-corrected chi connectivity index (χ4v) is 4.33. The van der Waals surface area contributed by atoms with E-state index < -0.39 is 0 Å². The molecule has 2 aromatic heterocycles. The number of fused-ring (bicyclic) bond motifs is 2. The van der Waals surface area contributed by atoms with Crippen molar-refractivity contribution in [2.75, 3.05) is 13.1 Å². The fourth-order valence-electron chi connectivity index (χ4n) is 4.33. The van der Waals surface area contributed by atoms with E-state index >= 15 is 0 Å². The highest BCUT2D eigenvalue weighted by Crippen LogP contribution is 2.30. The lowest BCUT2D eigenvalue weighted by atomic mass is 9.97. The smallest absolute Gasteiger partial charge is 0.336 e. The third-order valence-corrected chi connectivity index (χ3v) is 5.86. The highest BCUT2D eigenvalue weighted by atomic mass is 16.4. The molecular weight excluding hydrogens is 364 g/mol. The Hall–Kier alpha value is -2.92. The first-order valence-electron chi connectivity index (χ1n) is 10.3. The van der Waals surface area contributed by atoms with Crippen molar-refractivity contribution < 1.29 is 8.83 Å². The van der Waals surface area contributed by atoms with Gasteiger partial charge in [0.2, 0.25) is 0 Å². The third-order valence-electron chi connectivity index (χ3n) is 5.86. The van der Waals surface area contributed by atoms with Crippen LogP contribution in [0.5, 0.6) is 0 Å². The molecule has 5 nitrogen and oxygen atoms in total. The zero-order valence-electron chi connectivity index (χ0n) is 16.6. The average Bonchev–Trinajstić information content (AvgIpc) is 3.18. The molecule has 4 aromatic rings. The number of hydrogen-bond acceptors (Lipinski definition) is 5. The van der Waals surface area contributed by atoms with Crippen LogP contribution in [-0.4, -0.2) is 23.0 Å². The summed E-state index contributed by atoms with van der Waals surface area (Å²) in [6, 6.07) is 15.7. The lowest BCUT2D eigenvalue weighted by molar-refractivity contribution is 0.187. The van der Waals surface area contributed by atoms with Crippen LogP contribution in [0.15, 0.2) is 62.2 Å². The number of para-hydroxylation sites is 2. The molecule has 0 radical (unpaired) electrons. The summed E-state index contributed by atoms with van der Waals surface area (Å²) in [4.78, 5) is 19.2. The first kappa shape index (κ1) is 18.1. The van der Waals surface area contributed by atoms with Crippen LogP contribution in [0.1, 0.15) is 42.7 Å². The fraction of sp³-hybridized carbons (Fsp3) is 0.333. The second kappa shape index (κ2) is 7.48. The summed E-state index contributed by atoms with van der Waals surface area (Å²) in [7, 11) is 0. The van der Waals surface area contributed by atoms with Crippen LogP contribution in [0.3, 0.4) is 0 Å². The van der Waals surface area contributed by atoms with E-state index in [1.165, 1.54) is 5.56 Å². The lowest BCUT2D eigenvalue weighted by Gasteiger charge is -2.31. The number of nitrogens with zero attached hydrogens (tertiary/aromatic N) is 2. The van der Waals surface area contributed by atoms with Crippen molar-refractivity contribution in [3.05, 3.63) is 76.0 Å². The monoisotopic (exact) mass is 388 g/mol. The molecule has 0 bridgehead atoms. The van der Waals surface area contributed by atoms with Gasteiger partial charge < -0.3 is 8.83 Å². The molecule has 1 unspecified atom stereocenters. The Morgan fingerprint density at radius 2 is 2.00 bits per heavy atom. The minimum atomic E-state index is -0.284. The predicted molar refractivity (Wildman–Crippen MR) is 113 cm³/mol. The Balaban J connectivity index is 1.41. The molecule has 3 heterocycles. The van der Waals surface area contributed by atoms with Crippen LogP contribution in [0.2, 0.25) is 0 Å². The molecule has 0 spiro atoms. The maximum Gasteiger partial charge on any atom is 0.336 e. The molecule has 0 N–H and O–H groups in total. The SMILES string of the molecule is CCc1ccc2c(CN3CCCC(c4nc5ccccc5o4)C3)cc(=O)oc2c1. The molecule has 1 aliphatic rings. The third kappa shape index (κ3) is 3.58. The first-order chi connectivity index (χ1) is 14.2. The Morgan fingerprint density at radius 3 is 2.86 bits per heavy atom. The van der Waals surface area contributed by atoms with Gasteiger partial charge in [0.25, 0.3) is 0 Å². The maximum absolute atomic E-state index is 12.1. The number of oxazole rings is 1. The molecule has 1 fully saturated rings. The van der Waals surface area contributed by atoms with Crippen LogP contribution >= 0.6 is 0 Å². The Bertz CT molecular complexity index is 1190. The van der Waals surface area contributed by atoms with Gasteiger partial charge in [0.15, 0.2) is 11.5 Å². The Kier molecular flexibility index (Phi) is 4.68.